The van der Waals surface area contributed by atoms with E-state index in [1.807, 2.05) is 34.9 Å². The molecule has 0 bridgehead atoms. The zero-order valence-corrected chi connectivity index (χ0v) is 17.0. The molecule has 2 aromatic heterocycles. The molecule has 0 saturated heterocycles. The van der Waals surface area contributed by atoms with Crippen LogP contribution in [0.1, 0.15) is 16.1 Å². The second kappa shape index (κ2) is 8.00. The second-order valence-electron chi connectivity index (χ2n) is 6.51. The van der Waals surface area contributed by atoms with E-state index in [2.05, 4.69) is 4.98 Å². The number of ether oxygens (including phenoxy) is 1. The summed E-state index contributed by atoms with van der Waals surface area (Å²) in [5.41, 5.74) is 1.86. The Bertz CT molecular complexity index is 1300. The van der Waals surface area contributed by atoms with Crippen LogP contribution >= 0.6 is 0 Å². The summed E-state index contributed by atoms with van der Waals surface area (Å²) in [7, 11) is -2.87. The van der Waals surface area contributed by atoms with Crippen molar-refractivity contribution in [2.24, 2.45) is 0 Å². The zero-order chi connectivity index (χ0) is 21.1. The van der Waals surface area contributed by atoms with Crippen molar-refractivity contribution in [1.29, 1.82) is 0 Å². The molecule has 0 aliphatic carbocycles. The number of anilines is 1. The predicted molar refractivity (Wildman–Crippen MR) is 113 cm³/mol. The number of nitrogens with zero attached hydrogens (tertiary/aromatic N) is 3. The van der Waals surface area contributed by atoms with Crippen LogP contribution in [0.3, 0.4) is 0 Å². The minimum absolute atomic E-state index is 0.0147. The van der Waals surface area contributed by atoms with Gasteiger partial charge < -0.3 is 9.14 Å². The van der Waals surface area contributed by atoms with Crippen LogP contribution in [0.4, 0.5) is 5.69 Å². The monoisotopic (exact) mass is 421 g/mol. The number of carbonyl (C=O) groups is 1. The summed E-state index contributed by atoms with van der Waals surface area (Å²) < 4.78 is 35.3. The highest BCUT2D eigenvalue weighted by atomic mass is 32.2. The normalized spacial score (nSPS) is 11.4. The van der Waals surface area contributed by atoms with Crippen molar-refractivity contribution >= 4 is 27.3 Å². The number of rotatable bonds is 6. The Kier molecular flexibility index (Phi) is 5.24. The van der Waals surface area contributed by atoms with Gasteiger partial charge in [-0.3, -0.25) is 4.31 Å². The number of pyridine rings is 1. The third-order valence-electron chi connectivity index (χ3n) is 4.70. The molecule has 4 aromatic rings. The highest BCUT2D eigenvalue weighted by molar-refractivity contribution is 7.92. The molecule has 2 aromatic carbocycles. The largest absolute Gasteiger partial charge is 0.465 e. The lowest BCUT2D eigenvalue weighted by molar-refractivity contribution is 0.0596. The summed E-state index contributed by atoms with van der Waals surface area (Å²) in [5.74, 6) is -0.711. The van der Waals surface area contributed by atoms with E-state index in [0.29, 0.717) is 17.0 Å². The highest BCUT2D eigenvalue weighted by Crippen LogP contribution is 2.28. The van der Waals surface area contributed by atoms with Crippen LogP contribution in [0, 0.1) is 0 Å². The van der Waals surface area contributed by atoms with Crippen LogP contribution in [0.2, 0.25) is 0 Å². The van der Waals surface area contributed by atoms with E-state index in [9.17, 15) is 13.2 Å². The summed E-state index contributed by atoms with van der Waals surface area (Å²) in [6, 6.07) is 20.3. The van der Waals surface area contributed by atoms with Gasteiger partial charge in [-0.25, -0.2) is 18.2 Å². The Balaban J connectivity index is 1.86. The Morgan fingerprint density at radius 1 is 1.00 bits per heavy atom. The fourth-order valence-corrected chi connectivity index (χ4v) is 4.87. The minimum Gasteiger partial charge on any atom is -0.465 e. The fraction of sp³-hybridized carbons (Fsp3) is 0.0909. The van der Waals surface area contributed by atoms with Crippen molar-refractivity contribution in [3.8, 4) is 0 Å². The molecule has 0 N–H and O–H groups in total. The third-order valence-corrected chi connectivity index (χ3v) is 6.54. The highest BCUT2D eigenvalue weighted by Gasteiger charge is 2.30. The molecule has 0 fully saturated rings. The maximum atomic E-state index is 13.7. The number of hydrogen-bond donors (Lipinski definition) is 0. The average Bonchev–Trinajstić information content (AvgIpc) is 3.20. The Morgan fingerprint density at radius 3 is 2.47 bits per heavy atom. The smallest absolute Gasteiger partial charge is 0.339 e. The Labute approximate surface area is 174 Å². The van der Waals surface area contributed by atoms with Crippen LogP contribution < -0.4 is 4.31 Å². The summed E-state index contributed by atoms with van der Waals surface area (Å²) in [4.78, 5) is 16.4. The lowest BCUT2D eigenvalue weighted by Gasteiger charge is -2.25. The maximum absolute atomic E-state index is 13.7. The van der Waals surface area contributed by atoms with Gasteiger partial charge in [0.15, 0.2) is 0 Å². The van der Waals surface area contributed by atoms with Gasteiger partial charge in [-0.15, -0.1) is 0 Å². The van der Waals surface area contributed by atoms with Gasteiger partial charge in [0, 0.05) is 6.20 Å². The van der Waals surface area contributed by atoms with Crippen LogP contribution in [-0.2, 0) is 21.3 Å². The molecule has 8 heteroatoms. The first-order valence-corrected chi connectivity index (χ1v) is 10.6. The van der Waals surface area contributed by atoms with Gasteiger partial charge >= 0.3 is 5.97 Å². The Hall–Kier alpha value is -3.65. The van der Waals surface area contributed by atoms with E-state index in [1.165, 1.54) is 23.5 Å². The first-order valence-electron chi connectivity index (χ1n) is 9.18. The number of fused-ring (bicyclic) bond motifs is 1. The topological polar surface area (TPSA) is 81.0 Å². The van der Waals surface area contributed by atoms with E-state index >= 15 is 0 Å². The molecule has 0 radical (unpaired) electrons. The SMILES string of the molecule is COC(=O)c1ccccc1S(=O)(=O)N(Cc1cnc2ccccn12)c1ccccc1. The molecule has 152 valence electrons. The van der Waals surface area contributed by atoms with Gasteiger partial charge in [-0.2, -0.15) is 0 Å². The molecular formula is C22H19N3O4S. The van der Waals surface area contributed by atoms with Gasteiger partial charge in [0.25, 0.3) is 10.0 Å². The molecular weight excluding hydrogens is 402 g/mol. The van der Waals surface area contributed by atoms with E-state index in [1.54, 1.807) is 42.6 Å². The maximum Gasteiger partial charge on any atom is 0.339 e. The molecule has 2 heterocycles. The summed E-state index contributed by atoms with van der Waals surface area (Å²) in [6.07, 6.45) is 3.48. The molecule has 0 spiro atoms. The van der Waals surface area contributed by atoms with Gasteiger partial charge in [0.05, 0.1) is 36.8 Å². The van der Waals surface area contributed by atoms with Gasteiger partial charge in [-0.05, 0) is 36.4 Å². The minimum atomic E-state index is -4.09. The number of aromatic nitrogens is 2. The number of carbonyl (C=O) groups excluding carboxylic acids is 1. The van der Waals surface area contributed by atoms with Crippen molar-refractivity contribution in [3.63, 3.8) is 0 Å². The van der Waals surface area contributed by atoms with E-state index in [-0.39, 0.29) is 17.0 Å². The van der Waals surface area contributed by atoms with Gasteiger partial charge in [0.2, 0.25) is 0 Å². The second-order valence-corrected chi connectivity index (χ2v) is 8.34. The summed E-state index contributed by atoms with van der Waals surface area (Å²) in [6.45, 7) is 0.0348. The number of imidazole rings is 1. The Morgan fingerprint density at radius 2 is 1.70 bits per heavy atom. The molecule has 7 nitrogen and oxygen atoms in total. The van der Waals surface area contributed by atoms with Crippen LogP contribution in [-0.4, -0.2) is 30.9 Å². The molecule has 4 rings (SSSR count). The van der Waals surface area contributed by atoms with Crippen molar-refractivity contribution < 1.29 is 17.9 Å². The summed E-state index contributed by atoms with van der Waals surface area (Å²) in [5, 5.41) is 0. The zero-order valence-electron chi connectivity index (χ0n) is 16.2. The number of para-hydroxylation sites is 1. The number of benzene rings is 2. The van der Waals surface area contributed by atoms with E-state index in [4.69, 9.17) is 4.74 Å². The molecule has 0 aliphatic rings. The fourth-order valence-electron chi connectivity index (χ4n) is 3.25. The molecule has 0 atom stereocenters. The van der Waals surface area contributed by atoms with E-state index < -0.39 is 16.0 Å². The van der Waals surface area contributed by atoms with Crippen molar-refractivity contribution in [2.75, 3.05) is 11.4 Å². The number of hydrogen-bond acceptors (Lipinski definition) is 5. The van der Waals surface area contributed by atoms with E-state index in [0.717, 1.165) is 0 Å². The molecule has 0 amide bonds. The van der Waals surface area contributed by atoms with Crippen LogP contribution in [0.15, 0.2) is 90.1 Å². The first-order chi connectivity index (χ1) is 14.5. The lowest BCUT2D eigenvalue weighted by Crippen LogP contribution is -2.32. The standard InChI is InChI=1S/C22H19N3O4S/c1-29-22(26)19-11-5-6-12-20(19)30(27,28)25(17-9-3-2-4-10-17)16-18-15-23-21-13-7-8-14-24(18)21/h2-15H,16H2,1H3. The molecule has 0 unspecified atom stereocenters. The molecule has 0 aliphatic heterocycles. The van der Waals surface area contributed by atoms with Gasteiger partial charge in [0.1, 0.15) is 10.5 Å². The summed E-state index contributed by atoms with van der Waals surface area (Å²) >= 11 is 0. The third kappa shape index (κ3) is 3.53. The van der Waals surface area contributed by atoms with Gasteiger partial charge in [-0.1, -0.05) is 36.4 Å². The van der Waals surface area contributed by atoms with Crippen LogP contribution in [0.25, 0.3) is 5.65 Å². The lowest BCUT2D eigenvalue weighted by atomic mass is 10.2. The van der Waals surface area contributed by atoms with Crippen molar-refractivity contribution in [2.45, 2.75) is 11.4 Å². The molecule has 30 heavy (non-hydrogen) atoms. The number of methoxy groups -OCH3 is 1. The van der Waals surface area contributed by atoms with Crippen molar-refractivity contribution in [1.82, 2.24) is 9.38 Å². The van der Waals surface area contributed by atoms with Crippen LogP contribution in [0.5, 0.6) is 0 Å². The quantitative estimate of drug-likeness (QED) is 0.445. The predicted octanol–water partition coefficient (Wildman–Crippen LogP) is 3.52. The van der Waals surface area contributed by atoms with Crippen molar-refractivity contribution in [3.05, 3.63) is 96.4 Å². The number of esters is 1. The number of sulfonamides is 1. The molecule has 0 saturated carbocycles. The first kappa shape index (κ1) is 19.7. The average molecular weight is 421 g/mol.